The summed E-state index contributed by atoms with van der Waals surface area (Å²) in [6.07, 6.45) is 0.574. The van der Waals surface area contributed by atoms with Crippen molar-refractivity contribution in [1.82, 2.24) is 10.3 Å². The molecule has 17 heavy (non-hydrogen) atoms. The van der Waals surface area contributed by atoms with Crippen molar-refractivity contribution in [3.8, 4) is 5.75 Å². The highest BCUT2D eigenvalue weighted by Gasteiger charge is 2.24. The van der Waals surface area contributed by atoms with E-state index in [1.54, 1.807) is 6.92 Å². The number of ether oxygens (including phenoxy) is 1. The molecule has 0 amide bonds. The molecule has 6 heteroatoms. The molecule has 0 radical (unpaired) electrons. The predicted molar refractivity (Wildman–Crippen MR) is 60.1 cm³/mol. The first-order chi connectivity index (χ1) is 8.15. The van der Waals surface area contributed by atoms with Crippen molar-refractivity contribution < 1.29 is 14.6 Å². The fourth-order valence-corrected chi connectivity index (χ4v) is 1.92. The number of hydrogen-bond donors (Lipinski definition) is 3. The number of carbonyl (C=O) groups is 1. The highest BCUT2D eigenvalue weighted by Crippen LogP contribution is 2.24. The van der Waals surface area contributed by atoms with Crippen molar-refractivity contribution in [1.29, 1.82) is 0 Å². The lowest BCUT2D eigenvalue weighted by molar-refractivity contribution is 0.0520. The van der Waals surface area contributed by atoms with Gasteiger partial charge in [-0.25, -0.2) is 4.79 Å². The zero-order chi connectivity index (χ0) is 12.4. The van der Waals surface area contributed by atoms with Crippen LogP contribution in [-0.2, 0) is 17.7 Å². The predicted octanol–water partition coefficient (Wildman–Crippen LogP) is -0.0971. The summed E-state index contributed by atoms with van der Waals surface area (Å²) in [5.74, 6) is -1.03. The van der Waals surface area contributed by atoms with Gasteiger partial charge >= 0.3 is 5.97 Å². The van der Waals surface area contributed by atoms with Crippen LogP contribution in [0.3, 0.4) is 0 Å². The summed E-state index contributed by atoms with van der Waals surface area (Å²) in [5.41, 5.74) is 0.342. The number of nitrogens with one attached hydrogen (secondary N) is 2. The van der Waals surface area contributed by atoms with Crippen LogP contribution in [0.4, 0.5) is 0 Å². The molecule has 0 saturated heterocycles. The van der Waals surface area contributed by atoms with Crippen LogP contribution in [0.2, 0.25) is 0 Å². The number of aromatic nitrogens is 1. The van der Waals surface area contributed by atoms with Crippen LogP contribution in [-0.4, -0.2) is 29.2 Å². The molecule has 0 saturated carbocycles. The van der Waals surface area contributed by atoms with Crippen LogP contribution < -0.4 is 10.9 Å². The van der Waals surface area contributed by atoms with Gasteiger partial charge in [0.15, 0.2) is 5.56 Å². The zero-order valence-corrected chi connectivity index (χ0v) is 9.50. The molecule has 1 aromatic heterocycles. The number of fused-ring (bicyclic) bond motifs is 1. The van der Waals surface area contributed by atoms with E-state index in [0.717, 1.165) is 0 Å². The van der Waals surface area contributed by atoms with Crippen LogP contribution in [0.25, 0.3) is 0 Å². The van der Waals surface area contributed by atoms with Crippen molar-refractivity contribution in [3.05, 3.63) is 27.2 Å². The topological polar surface area (TPSA) is 91.4 Å². The Hall–Kier alpha value is -1.82. The van der Waals surface area contributed by atoms with E-state index in [1.807, 2.05) is 0 Å². The first-order valence-corrected chi connectivity index (χ1v) is 5.50. The molecule has 6 nitrogen and oxygen atoms in total. The normalized spacial score (nSPS) is 14.2. The Morgan fingerprint density at radius 1 is 1.53 bits per heavy atom. The van der Waals surface area contributed by atoms with Gasteiger partial charge < -0.3 is 20.1 Å². The molecule has 0 spiro atoms. The van der Waals surface area contributed by atoms with Crippen LogP contribution >= 0.6 is 0 Å². The van der Waals surface area contributed by atoms with Crippen molar-refractivity contribution in [3.63, 3.8) is 0 Å². The number of pyridine rings is 1. The lowest BCUT2D eigenvalue weighted by atomic mass is 10.0. The van der Waals surface area contributed by atoms with Crippen LogP contribution in [0, 0.1) is 0 Å². The van der Waals surface area contributed by atoms with E-state index in [4.69, 9.17) is 4.74 Å². The van der Waals surface area contributed by atoms with Gasteiger partial charge in [0.2, 0.25) is 0 Å². The average Bonchev–Trinajstić information content (AvgIpc) is 2.29. The third-order valence-electron chi connectivity index (χ3n) is 2.71. The lowest BCUT2D eigenvalue weighted by Gasteiger charge is -2.18. The maximum atomic E-state index is 11.7. The summed E-state index contributed by atoms with van der Waals surface area (Å²) in [4.78, 5) is 25.8. The van der Waals surface area contributed by atoms with E-state index < -0.39 is 11.5 Å². The molecular weight excluding hydrogens is 224 g/mol. The minimum atomic E-state index is -0.785. The van der Waals surface area contributed by atoms with Crippen molar-refractivity contribution >= 4 is 5.97 Å². The van der Waals surface area contributed by atoms with Gasteiger partial charge in [0, 0.05) is 17.8 Å². The van der Waals surface area contributed by atoms with Gasteiger partial charge in [0.05, 0.1) is 6.61 Å². The third-order valence-corrected chi connectivity index (χ3v) is 2.71. The monoisotopic (exact) mass is 238 g/mol. The van der Waals surface area contributed by atoms with Gasteiger partial charge in [-0.1, -0.05) is 0 Å². The number of aromatic hydroxyl groups is 1. The Bertz CT molecular complexity index is 507. The molecule has 0 unspecified atom stereocenters. The molecule has 0 bridgehead atoms. The lowest BCUT2D eigenvalue weighted by Crippen LogP contribution is -2.30. The molecule has 0 aliphatic carbocycles. The van der Waals surface area contributed by atoms with Crippen LogP contribution in [0.15, 0.2) is 4.79 Å². The number of rotatable bonds is 2. The fraction of sp³-hybridized carbons (Fsp3) is 0.455. The molecule has 2 heterocycles. The van der Waals surface area contributed by atoms with Crippen molar-refractivity contribution in [2.75, 3.05) is 13.2 Å². The van der Waals surface area contributed by atoms with Gasteiger partial charge in [-0.2, -0.15) is 0 Å². The second-order valence-electron chi connectivity index (χ2n) is 3.78. The molecule has 92 valence electrons. The van der Waals surface area contributed by atoms with Gasteiger partial charge in [-0.05, 0) is 19.9 Å². The standard InChI is InChI=1S/C11H14N2O4/c1-2-17-11(16)8-9(14)6-3-4-12-5-7(6)13-10(8)15/h12H,2-5H2,1H3,(H2,13,14,15). The zero-order valence-electron chi connectivity index (χ0n) is 9.50. The smallest absolute Gasteiger partial charge is 0.347 e. The molecular formula is C11H14N2O4. The summed E-state index contributed by atoms with van der Waals surface area (Å²) in [6.45, 7) is 3.00. The van der Waals surface area contributed by atoms with E-state index >= 15 is 0 Å². The number of carbonyl (C=O) groups excluding carboxylic acids is 1. The van der Waals surface area contributed by atoms with Crippen molar-refractivity contribution in [2.45, 2.75) is 19.9 Å². The third kappa shape index (κ3) is 2.03. The molecule has 0 fully saturated rings. The minimum Gasteiger partial charge on any atom is -0.506 e. The average molecular weight is 238 g/mol. The molecule has 3 N–H and O–H groups in total. The summed E-state index contributed by atoms with van der Waals surface area (Å²) >= 11 is 0. The quantitative estimate of drug-likeness (QED) is 0.626. The molecule has 0 atom stereocenters. The van der Waals surface area contributed by atoms with Gasteiger partial charge in [-0.3, -0.25) is 4.79 Å². The second kappa shape index (κ2) is 4.58. The Labute approximate surface area is 97.6 Å². The van der Waals surface area contributed by atoms with E-state index in [9.17, 15) is 14.7 Å². The summed E-state index contributed by atoms with van der Waals surface area (Å²) in [7, 11) is 0. The van der Waals surface area contributed by atoms with E-state index in [2.05, 4.69) is 10.3 Å². The SMILES string of the molecule is CCOC(=O)c1c(O)c2c([nH]c1=O)CNCC2. The fourth-order valence-electron chi connectivity index (χ4n) is 1.92. The summed E-state index contributed by atoms with van der Waals surface area (Å²) in [6, 6.07) is 0. The molecule has 1 aliphatic rings. The van der Waals surface area contributed by atoms with Gasteiger partial charge in [0.25, 0.3) is 5.56 Å². The van der Waals surface area contributed by atoms with E-state index in [0.29, 0.717) is 30.8 Å². The number of H-pyrrole nitrogens is 1. The number of aromatic amines is 1. The van der Waals surface area contributed by atoms with Crippen molar-refractivity contribution in [2.24, 2.45) is 0 Å². The first-order valence-electron chi connectivity index (χ1n) is 5.50. The highest BCUT2D eigenvalue weighted by atomic mass is 16.5. The number of hydrogen-bond acceptors (Lipinski definition) is 5. The molecule has 0 aromatic carbocycles. The van der Waals surface area contributed by atoms with Gasteiger partial charge in [0.1, 0.15) is 5.75 Å². The summed E-state index contributed by atoms with van der Waals surface area (Å²) < 4.78 is 4.75. The maximum absolute atomic E-state index is 11.7. The van der Waals surface area contributed by atoms with E-state index in [1.165, 1.54) is 0 Å². The summed E-state index contributed by atoms with van der Waals surface area (Å²) in [5, 5.41) is 13.0. The molecule has 1 aromatic rings. The number of esters is 1. The Morgan fingerprint density at radius 3 is 3.00 bits per heavy atom. The van der Waals surface area contributed by atoms with Crippen LogP contribution in [0.5, 0.6) is 5.75 Å². The van der Waals surface area contributed by atoms with E-state index in [-0.39, 0.29) is 17.9 Å². The van der Waals surface area contributed by atoms with Crippen LogP contribution in [0.1, 0.15) is 28.5 Å². The minimum absolute atomic E-state index is 0.163. The molecule has 2 rings (SSSR count). The largest absolute Gasteiger partial charge is 0.506 e. The van der Waals surface area contributed by atoms with Gasteiger partial charge in [-0.15, -0.1) is 0 Å². The molecule has 1 aliphatic heterocycles. The highest BCUT2D eigenvalue weighted by molar-refractivity contribution is 5.92. The Balaban J connectivity index is 2.53. The maximum Gasteiger partial charge on any atom is 0.347 e. The Morgan fingerprint density at radius 2 is 2.29 bits per heavy atom. The first kappa shape index (κ1) is 11.7. The second-order valence-corrected chi connectivity index (χ2v) is 3.78. The Kier molecular flexibility index (Phi) is 3.14.